The fraction of sp³-hybridized carbons (Fsp3) is 0. The van der Waals surface area contributed by atoms with Gasteiger partial charge in [-0.3, -0.25) is 0 Å². The van der Waals surface area contributed by atoms with Crippen LogP contribution in [0.5, 0.6) is 0 Å². The van der Waals surface area contributed by atoms with Crippen molar-refractivity contribution in [1.82, 2.24) is 9.13 Å². The molecule has 0 saturated carbocycles. The first kappa shape index (κ1) is 31.7. The van der Waals surface area contributed by atoms with Crippen LogP contribution in [-0.2, 0) is 0 Å². The Balaban J connectivity index is 1.12. The van der Waals surface area contributed by atoms with E-state index in [4.69, 9.17) is 0 Å². The average molecular weight is 791 g/mol. The summed E-state index contributed by atoms with van der Waals surface area (Å²) in [5.74, 6) is 0. The maximum atomic E-state index is 2.67. The Bertz CT molecular complexity index is 4390. The third kappa shape index (κ3) is 3.56. The second-order valence-electron chi connectivity index (χ2n) is 18.3. The van der Waals surface area contributed by atoms with E-state index >= 15 is 0 Å². The molecule has 3 heteroatoms. The zero-order valence-corrected chi connectivity index (χ0v) is 33.9. The smallest absolute Gasteiger partial charge is 0.252 e. The van der Waals surface area contributed by atoms with Crippen molar-refractivity contribution in [2.45, 2.75) is 0 Å². The van der Waals surface area contributed by atoms with Gasteiger partial charge in [-0.05, 0) is 135 Å². The number of nitrogens with zero attached hydrogens (tertiary/aromatic N) is 2. The molecule has 0 N–H and O–H groups in total. The van der Waals surface area contributed by atoms with E-state index in [1.54, 1.807) is 0 Å². The predicted octanol–water partition coefficient (Wildman–Crippen LogP) is 13.4. The summed E-state index contributed by atoms with van der Waals surface area (Å²) in [6.45, 7) is 0.0229. The lowest BCUT2D eigenvalue weighted by atomic mass is 9.34. The molecule has 2 aromatic heterocycles. The molecule has 2 nitrogen and oxygen atoms in total. The summed E-state index contributed by atoms with van der Waals surface area (Å²) in [7, 11) is 0. The molecule has 4 heterocycles. The van der Waals surface area contributed by atoms with Gasteiger partial charge in [0.25, 0.3) is 6.71 Å². The SMILES string of the molecule is c1ccc2c(c1)-c1cccc3ccc4c(c13)c1c-2ccc2c1n4-c1cc(-c3ccc4ccccc4c3)cc3c1B2c1cc2cccc4c2c2c5c(cccc5n-3c12)-c1ccccc1-4. The fourth-order valence-electron chi connectivity index (χ4n) is 13.2. The molecule has 13 aromatic rings. The van der Waals surface area contributed by atoms with E-state index in [9.17, 15) is 0 Å². The molecule has 11 aromatic carbocycles. The van der Waals surface area contributed by atoms with Gasteiger partial charge in [0.2, 0.25) is 0 Å². The summed E-state index contributed by atoms with van der Waals surface area (Å²) in [4.78, 5) is 0. The Hall–Kier alpha value is -8.14. The summed E-state index contributed by atoms with van der Waals surface area (Å²) in [5, 5.41) is 13.3. The van der Waals surface area contributed by atoms with Gasteiger partial charge in [-0.15, -0.1) is 0 Å². The van der Waals surface area contributed by atoms with Crippen molar-refractivity contribution in [2.75, 3.05) is 0 Å². The number of aromatic nitrogens is 2. The highest BCUT2D eigenvalue weighted by atomic mass is 15.0. The Kier molecular flexibility index (Phi) is 5.36. The Morgan fingerprint density at radius 1 is 0.286 bits per heavy atom. The Morgan fingerprint density at radius 2 is 0.825 bits per heavy atom. The quantitative estimate of drug-likeness (QED) is 0.147. The van der Waals surface area contributed by atoms with Crippen molar-refractivity contribution in [1.29, 1.82) is 0 Å². The van der Waals surface area contributed by atoms with Crippen LogP contribution in [0.3, 0.4) is 0 Å². The zero-order chi connectivity index (χ0) is 40.4. The van der Waals surface area contributed by atoms with Crippen molar-refractivity contribution in [3.63, 3.8) is 0 Å². The third-order valence-electron chi connectivity index (χ3n) is 15.5. The van der Waals surface area contributed by atoms with Gasteiger partial charge >= 0.3 is 0 Å². The molecule has 0 fully saturated rings. The van der Waals surface area contributed by atoms with Crippen molar-refractivity contribution in [3.8, 4) is 67.0 Å². The monoisotopic (exact) mass is 790 g/mol. The molecular weight excluding hydrogens is 759 g/mol. The molecular formula is C60H31BN2. The number of hydrogen-bond donors (Lipinski definition) is 0. The summed E-state index contributed by atoms with van der Waals surface area (Å²) in [5.41, 5.74) is 24.9. The average Bonchev–Trinajstić information content (AvgIpc) is 3.80. The van der Waals surface area contributed by atoms with Gasteiger partial charge in [-0.25, -0.2) is 0 Å². The van der Waals surface area contributed by atoms with E-state index in [1.807, 2.05) is 0 Å². The van der Waals surface area contributed by atoms with Gasteiger partial charge in [0.05, 0.1) is 22.1 Å². The van der Waals surface area contributed by atoms with E-state index in [0.29, 0.717) is 0 Å². The molecule has 0 unspecified atom stereocenters. The van der Waals surface area contributed by atoms with Gasteiger partial charge in [0.1, 0.15) is 0 Å². The van der Waals surface area contributed by atoms with Gasteiger partial charge in [0.15, 0.2) is 0 Å². The summed E-state index contributed by atoms with van der Waals surface area (Å²) >= 11 is 0. The molecule has 0 amide bonds. The highest BCUT2D eigenvalue weighted by Gasteiger charge is 2.43. The minimum absolute atomic E-state index is 0.0229. The molecule has 2 aliphatic carbocycles. The second kappa shape index (κ2) is 10.7. The normalized spacial score (nSPS) is 13.4. The molecule has 63 heavy (non-hydrogen) atoms. The number of benzene rings is 11. The maximum Gasteiger partial charge on any atom is 0.252 e. The van der Waals surface area contributed by atoms with Gasteiger partial charge < -0.3 is 9.13 Å². The summed E-state index contributed by atoms with van der Waals surface area (Å²) in [6.07, 6.45) is 0. The minimum Gasteiger partial charge on any atom is -0.310 e. The minimum atomic E-state index is 0.0229. The fourth-order valence-corrected chi connectivity index (χ4v) is 13.2. The van der Waals surface area contributed by atoms with E-state index in [1.165, 1.54) is 159 Å². The first-order valence-corrected chi connectivity index (χ1v) is 22.2. The highest BCUT2D eigenvalue weighted by molar-refractivity contribution is 7.00. The van der Waals surface area contributed by atoms with Crippen LogP contribution >= 0.6 is 0 Å². The van der Waals surface area contributed by atoms with Crippen LogP contribution in [0.1, 0.15) is 0 Å². The van der Waals surface area contributed by atoms with Crippen LogP contribution in [0.25, 0.3) is 143 Å². The van der Waals surface area contributed by atoms with E-state index in [2.05, 4.69) is 197 Å². The van der Waals surface area contributed by atoms with Crippen molar-refractivity contribution >= 4 is 99.0 Å². The molecule has 2 aliphatic heterocycles. The third-order valence-corrected chi connectivity index (χ3v) is 15.5. The summed E-state index contributed by atoms with van der Waals surface area (Å²) in [6, 6.07) is 72.1. The lowest BCUT2D eigenvalue weighted by Gasteiger charge is -2.35. The lowest BCUT2D eigenvalue weighted by Crippen LogP contribution is -2.59. The topological polar surface area (TPSA) is 9.86 Å². The maximum absolute atomic E-state index is 2.67. The molecule has 0 atom stereocenters. The first-order chi connectivity index (χ1) is 31.3. The summed E-state index contributed by atoms with van der Waals surface area (Å²) < 4.78 is 5.34. The van der Waals surface area contributed by atoms with Crippen molar-refractivity contribution in [3.05, 3.63) is 188 Å². The van der Waals surface area contributed by atoms with Crippen LogP contribution in [0.15, 0.2) is 188 Å². The molecule has 0 spiro atoms. The largest absolute Gasteiger partial charge is 0.310 e. The molecule has 284 valence electrons. The Morgan fingerprint density at radius 3 is 1.56 bits per heavy atom. The van der Waals surface area contributed by atoms with Gasteiger partial charge in [0, 0.05) is 32.9 Å². The van der Waals surface area contributed by atoms with E-state index < -0.39 is 0 Å². The number of fused-ring (bicyclic) bond motifs is 13. The van der Waals surface area contributed by atoms with Gasteiger partial charge in [-0.2, -0.15) is 0 Å². The molecule has 17 rings (SSSR count). The second-order valence-corrected chi connectivity index (χ2v) is 18.3. The molecule has 0 radical (unpaired) electrons. The van der Waals surface area contributed by atoms with Crippen LogP contribution in [0.4, 0.5) is 0 Å². The number of rotatable bonds is 1. The molecule has 0 bridgehead atoms. The van der Waals surface area contributed by atoms with Crippen molar-refractivity contribution < 1.29 is 0 Å². The van der Waals surface area contributed by atoms with E-state index in [-0.39, 0.29) is 6.71 Å². The van der Waals surface area contributed by atoms with E-state index in [0.717, 1.165) is 0 Å². The van der Waals surface area contributed by atoms with Crippen molar-refractivity contribution in [2.24, 2.45) is 0 Å². The molecule has 0 saturated heterocycles. The van der Waals surface area contributed by atoms with Crippen LogP contribution in [-0.4, -0.2) is 15.8 Å². The zero-order valence-electron chi connectivity index (χ0n) is 33.9. The van der Waals surface area contributed by atoms with Crippen LogP contribution < -0.4 is 16.4 Å². The Labute approximate surface area is 361 Å². The van der Waals surface area contributed by atoms with Gasteiger partial charge in [-0.1, -0.05) is 158 Å². The van der Waals surface area contributed by atoms with Crippen LogP contribution in [0.2, 0.25) is 0 Å². The lowest BCUT2D eigenvalue weighted by molar-refractivity contribution is 1.14. The highest BCUT2D eigenvalue weighted by Crippen LogP contribution is 2.53. The van der Waals surface area contributed by atoms with Crippen LogP contribution in [0, 0.1) is 0 Å². The first-order valence-electron chi connectivity index (χ1n) is 22.2. The number of hydrogen-bond acceptors (Lipinski definition) is 0. The molecule has 4 aliphatic rings. The standard InChI is InChI=1S/C60H31BN2/c1-2-11-34-28-35(23-22-32(34)10-1)37-30-50-58-51(31-37)63-49-27-24-33-12-7-18-42-39-15-4-6-17-41(39)45-25-26-46(59(63)55(45)56(49)52(33)42)61(58)47-29-36-13-8-19-43-38-14-3-5-16-40(38)44-20-9-21-48-54(44)57(53(36)43)60(47)62(48)50/h1-31H. The predicted molar refractivity (Wildman–Crippen MR) is 267 cm³/mol.